The minimum atomic E-state index is -1.82. The summed E-state index contributed by atoms with van der Waals surface area (Å²) in [5.41, 5.74) is -0.305. The summed E-state index contributed by atoms with van der Waals surface area (Å²) in [7, 11) is -2.43. The smallest absolute Gasteiger partial charge is 0.192 e. The summed E-state index contributed by atoms with van der Waals surface area (Å²) in [4.78, 5) is 0. The summed E-state index contributed by atoms with van der Waals surface area (Å²) < 4.78 is 7.99. The lowest BCUT2D eigenvalue weighted by Crippen LogP contribution is -2.47. The summed E-state index contributed by atoms with van der Waals surface area (Å²) in [5, 5.41) is 13.2. The molecule has 5 heteroatoms. The number of hydrogen-bond donors (Lipinski definition) is 2. The third kappa shape index (κ3) is 5.23. The van der Waals surface area contributed by atoms with Gasteiger partial charge in [-0.3, -0.25) is 0 Å². The van der Waals surface area contributed by atoms with Crippen LogP contribution in [0.5, 0.6) is 0 Å². The van der Waals surface area contributed by atoms with Gasteiger partial charge in [0, 0.05) is 10.2 Å². The van der Waals surface area contributed by atoms with Gasteiger partial charge in [-0.15, -0.1) is 0 Å². The minimum absolute atomic E-state index is 0.206. The molecular formula is C19H35BrO2SSi. The van der Waals surface area contributed by atoms with Crippen LogP contribution in [0.15, 0.2) is 21.4 Å². The van der Waals surface area contributed by atoms with Gasteiger partial charge >= 0.3 is 0 Å². The highest BCUT2D eigenvalue weighted by atomic mass is 79.9. The Kier molecular flexibility index (Phi) is 7.29. The van der Waals surface area contributed by atoms with E-state index < -0.39 is 19.2 Å². The molecule has 0 radical (unpaired) electrons. The molecule has 1 aliphatic heterocycles. The van der Waals surface area contributed by atoms with Gasteiger partial charge in [0.05, 0.1) is 11.5 Å². The second kappa shape index (κ2) is 8.42. The molecule has 1 saturated carbocycles. The average Bonchev–Trinajstić information content (AvgIpc) is 2.92. The number of hydrogen-bond acceptors (Lipinski definition) is 2. The first-order valence-corrected chi connectivity index (χ1v) is 14.5. The third-order valence-electron chi connectivity index (χ3n) is 5.92. The molecule has 0 aromatic heterocycles. The van der Waals surface area contributed by atoms with Crippen molar-refractivity contribution in [1.82, 2.24) is 0 Å². The Morgan fingerprint density at radius 3 is 2.42 bits per heavy atom. The summed E-state index contributed by atoms with van der Waals surface area (Å²) >= 11 is 3.62. The van der Waals surface area contributed by atoms with Gasteiger partial charge in [0.2, 0.25) is 0 Å². The molecule has 0 aromatic carbocycles. The zero-order chi connectivity index (χ0) is 18.0. The van der Waals surface area contributed by atoms with Gasteiger partial charge < -0.3 is 9.53 Å². The van der Waals surface area contributed by atoms with Crippen LogP contribution in [0.1, 0.15) is 59.3 Å². The Labute approximate surface area is 160 Å². The van der Waals surface area contributed by atoms with Crippen molar-refractivity contribution < 1.29 is 9.53 Å². The zero-order valence-electron chi connectivity index (χ0n) is 15.9. The lowest BCUT2D eigenvalue weighted by Gasteiger charge is -2.43. The molecule has 2 aliphatic rings. The van der Waals surface area contributed by atoms with E-state index in [-0.39, 0.29) is 16.6 Å². The Morgan fingerprint density at radius 2 is 1.92 bits per heavy atom. The molecule has 0 saturated heterocycles. The topological polar surface area (TPSA) is 29.5 Å². The molecule has 140 valence electrons. The monoisotopic (exact) mass is 434 g/mol. The maximum Gasteiger partial charge on any atom is 0.192 e. The van der Waals surface area contributed by atoms with Crippen molar-refractivity contribution in [1.29, 1.82) is 0 Å². The lowest BCUT2D eigenvalue weighted by molar-refractivity contribution is 0.0619. The molecule has 1 N–H and O–H groups in total. The third-order valence-corrected chi connectivity index (χ3v) is 13.9. The first-order valence-electron chi connectivity index (χ1n) is 9.30. The van der Waals surface area contributed by atoms with Gasteiger partial charge in [-0.2, -0.15) is 10.9 Å². The fraction of sp³-hybridized carbons (Fsp3) is 0.789. The van der Waals surface area contributed by atoms with E-state index >= 15 is 0 Å². The SMILES string of the molecule is CC(C)(C)[Si](C)(C)OC(CC(O)[SH]1C=CC=C1Br)C1CCCCC1. The van der Waals surface area contributed by atoms with Crippen LogP contribution in [-0.4, -0.2) is 25.0 Å². The first kappa shape index (κ1) is 20.8. The van der Waals surface area contributed by atoms with Crippen molar-refractivity contribution in [3.05, 3.63) is 21.4 Å². The van der Waals surface area contributed by atoms with Crippen molar-refractivity contribution in [2.75, 3.05) is 0 Å². The van der Waals surface area contributed by atoms with E-state index in [9.17, 15) is 5.11 Å². The highest BCUT2D eigenvalue weighted by Crippen LogP contribution is 2.50. The van der Waals surface area contributed by atoms with E-state index in [1.54, 1.807) is 0 Å². The summed E-state index contributed by atoms with van der Waals surface area (Å²) in [6.07, 6.45) is 11.6. The first-order chi connectivity index (χ1) is 11.1. The molecule has 0 spiro atoms. The maximum atomic E-state index is 10.9. The number of thiol groups is 1. The molecule has 3 unspecified atom stereocenters. The van der Waals surface area contributed by atoms with Crippen LogP contribution in [0.2, 0.25) is 18.1 Å². The van der Waals surface area contributed by atoms with E-state index in [4.69, 9.17) is 4.43 Å². The molecule has 0 aromatic rings. The Bertz CT molecular complexity index is 478. The fourth-order valence-corrected chi connectivity index (χ4v) is 7.54. The predicted octanol–water partition coefficient (Wildman–Crippen LogP) is 6.43. The van der Waals surface area contributed by atoms with Crippen LogP contribution in [-0.2, 0) is 4.43 Å². The van der Waals surface area contributed by atoms with Gasteiger partial charge in [-0.05, 0) is 64.3 Å². The molecule has 1 heterocycles. The summed E-state index contributed by atoms with van der Waals surface area (Å²) in [6.45, 7) is 11.6. The lowest BCUT2D eigenvalue weighted by atomic mass is 9.84. The van der Waals surface area contributed by atoms with Crippen LogP contribution in [0, 0.1) is 5.92 Å². The van der Waals surface area contributed by atoms with Crippen molar-refractivity contribution in [2.45, 2.75) is 89.0 Å². The average molecular weight is 436 g/mol. The normalized spacial score (nSPS) is 27.1. The minimum Gasteiger partial charge on any atom is -0.414 e. The summed E-state index contributed by atoms with van der Waals surface area (Å²) in [6, 6.07) is 0. The second-order valence-corrected chi connectivity index (χ2v) is 17.2. The van der Waals surface area contributed by atoms with Crippen molar-refractivity contribution in [3.8, 4) is 0 Å². The predicted molar refractivity (Wildman–Crippen MR) is 114 cm³/mol. The molecule has 2 rings (SSSR count). The van der Waals surface area contributed by atoms with Gasteiger partial charge in [0.1, 0.15) is 0 Å². The molecule has 3 atom stereocenters. The number of allylic oxidation sites excluding steroid dienone is 2. The van der Waals surface area contributed by atoms with E-state index in [0.29, 0.717) is 5.92 Å². The van der Waals surface area contributed by atoms with E-state index in [1.165, 1.54) is 32.1 Å². The summed E-state index contributed by atoms with van der Waals surface area (Å²) in [5.74, 6) is 0.617. The maximum absolute atomic E-state index is 10.9. The van der Waals surface area contributed by atoms with Crippen molar-refractivity contribution in [3.63, 3.8) is 0 Å². The van der Waals surface area contributed by atoms with Gasteiger partial charge in [0.25, 0.3) is 0 Å². The van der Waals surface area contributed by atoms with Crippen molar-refractivity contribution in [2.24, 2.45) is 5.92 Å². The van der Waals surface area contributed by atoms with E-state index in [2.05, 4.69) is 67.4 Å². The second-order valence-electron chi connectivity index (χ2n) is 8.77. The Morgan fingerprint density at radius 1 is 1.29 bits per heavy atom. The van der Waals surface area contributed by atoms with Crippen LogP contribution >= 0.6 is 26.8 Å². The van der Waals surface area contributed by atoms with Gasteiger partial charge in [-0.25, -0.2) is 0 Å². The molecular weight excluding hydrogens is 400 g/mol. The van der Waals surface area contributed by atoms with Crippen LogP contribution in [0.25, 0.3) is 0 Å². The number of rotatable bonds is 6. The van der Waals surface area contributed by atoms with Crippen LogP contribution < -0.4 is 0 Å². The van der Waals surface area contributed by atoms with E-state index in [1.807, 2.05) is 0 Å². The Hall–Kier alpha value is 0.447. The Balaban J connectivity index is 2.10. The molecule has 0 bridgehead atoms. The number of aliphatic hydroxyl groups is 1. The largest absolute Gasteiger partial charge is 0.414 e. The van der Waals surface area contributed by atoms with Crippen LogP contribution in [0.3, 0.4) is 0 Å². The van der Waals surface area contributed by atoms with Gasteiger partial charge in [-0.1, -0.05) is 46.1 Å². The molecule has 24 heavy (non-hydrogen) atoms. The fourth-order valence-electron chi connectivity index (χ4n) is 3.33. The van der Waals surface area contributed by atoms with Crippen molar-refractivity contribution >= 4 is 35.1 Å². The zero-order valence-corrected chi connectivity index (χ0v) is 19.4. The molecule has 0 amide bonds. The highest BCUT2D eigenvalue weighted by molar-refractivity contribution is 9.14. The quantitative estimate of drug-likeness (QED) is 0.372. The molecule has 1 fully saturated rings. The standard InChI is InChI=1S/C19H35BrO2SSi/c1-19(2,3)24(4,5)22-16(15-10-7-6-8-11-15)14-18(21)23-13-9-12-17(23)20/h9,12-13,15-16,18,21,23H,6-8,10-11,14H2,1-5H3. The molecule has 2 nitrogen and oxygen atoms in total. The molecule has 1 aliphatic carbocycles. The highest BCUT2D eigenvalue weighted by Gasteiger charge is 2.41. The number of halogens is 1. The van der Waals surface area contributed by atoms with Gasteiger partial charge in [0.15, 0.2) is 8.32 Å². The number of aliphatic hydroxyl groups excluding tert-OH is 1. The van der Waals surface area contributed by atoms with E-state index in [0.717, 1.165) is 10.2 Å². The van der Waals surface area contributed by atoms with Crippen LogP contribution in [0.4, 0.5) is 0 Å².